The lowest BCUT2D eigenvalue weighted by molar-refractivity contribution is -0.143. The molecule has 2 amide bonds. The molecule has 2 heterocycles. The van der Waals surface area contributed by atoms with Gasteiger partial charge in [-0.1, -0.05) is 19.8 Å². The molecule has 0 spiro atoms. The lowest BCUT2D eigenvalue weighted by Gasteiger charge is -2.38. The van der Waals surface area contributed by atoms with Crippen molar-refractivity contribution < 1.29 is 14.7 Å². The van der Waals surface area contributed by atoms with Crippen molar-refractivity contribution in [2.24, 2.45) is 5.92 Å². The van der Waals surface area contributed by atoms with Crippen LogP contribution in [0.1, 0.15) is 51.9 Å². The predicted octanol–water partition coefficient (Wildman–Crippen LogP) is 2.56. The van der Waals surface area contributed by atoms with Gasteiger partial charge in [0.2, 0.25) is 0 Å². The Balaban J connectivity index is 2.02. The van der Waals surface area contributed by atoms with Crippen LogP contribution in [0.4, 0.5) is 4.79 Å². The van der Waals surface area contributed by atoms with Crippen molar-refractivity contribution in [3.8, 4) is 0 Å². The number of carboxylic acid groups (broad SMARTS) is 1. The van der Waals surface area contributed by atoms with Crippen LogP contribution >= 0.6 is 0 Å². The number of likely N-dealkylation sites (tertiary alicyclic amines) is 2. The summed E-state index contributed by atoms with van der Waals surface area (Å²) in [7, 11) is 0. The maximum absolute atomic E-state index is 12.7. The fourth-order valence-electron chi connectivity index (χ4n) is 3.39. The molecule has 2 rings (SSSR count). The number of hydrogen-bond acceptors (Lipinski definition) is 2. The van der Waals surface area contributed by atoms with Crippen molar-refractivity contribution in [1.29, 1.82) is 0 Å². The Hall–Kier alpha value is -1.26. The third-order valence-corrected chi connectivity index (χ3v) is 4.64. The molecule has 0 aromatic heterocycles. The summed E-state index contributed by atoms with van der Waals surface area (Å²) in [6, 6.07) is 0.389. The van der Waals surface area contributed by atoms with Crippen molar-refractivity contribution in [3.63, 3.8) is 0 Å². The lowest BCUT2D eigenvalue weighted by Crippen LogP contribution is -2.51. The van der Waals surface area contributed by atoms with E-state index in [1.165, 1.54) is 12.8 Å². The number of aliphatic carboxylic acids is 1. The predicted molar refractivity (Wildman–Crippen MR) is 76.6 cm³/mol. The summed E-state index contributed by atoms with van der Waals surface area (Å²) in [6.07, 6.45) is 7.01. The minimum absolute atomic E-state index is 0.0599. The van der Waals surface area contributed by atoms with Gasteiger partial charge in [-0.25, -0.2) is 4.79 Å². The molecule has 0 bridgehead atoms. The number of hydrogen-bond donors (Lipinski definition) is 1. The molecule has 5 nitrogen and oxygen atoms in total. The van der Waals surface area contributed by atoms with Crippen molar-refractivity contribution in [3.05, 3.63) is 0 Å². The van der Waals surface area contributed by atoms with Gasteiger partial charge in [-0.15, -0.1) is 0 Å². The molecule has 2 aliphatic heterocycles. The minimum atomic E-state index is -0.773. The van der Waals surface area contributed by atoms with Crippen molar-refractivity contribution >= 4 is 12.0 Å². The first-order valence-electron chi connectivity index (χ1n) is 7.91. The standard InChI is InChI=1S/C15H26N2O3/c1-2-13-8-4-3-5-10-17(13)15(20)16-9-6-7-12(11-16)14(18)19/h12-13H,2-11H2,1H3,(H,18,19)/t12-,13?/m0/s1. The number of carbonyl (C=O) groups excluding carboxylic acids is 1. The molecule has 2 fully saturated rings. The zero-order valence-corrected chi connectivity index (χ0v) is 12.4. The van der Waals surface area contributed by atoms with Gasteiger partial charge < -0.3 is 14.9 Å². The van der Waals surface area contributed by atoms with Gasteiger partial charge in [0.1, 0.15) is 0 Å². The van der Waals surface area contributed by atoms with Crippen LogP contribution in [0.5, 0.6) is 0 Å². The molecule has 0 saturated carbocycles. The molecule has 2 saturated heterocycles. The van der Waals surface area contributed by atoms with Crippen LogP contribution in [0.2, 0.25) is 0 Å². The number of rotatable bonds is 2. The maximum atomic E-state index is 12.7. The maximum Gasteiger partial charge on any atom is 0.320 e. The van der Waals surface area contributed by atoms with E-state index in [-0.39, 0.29) is 11.9 Å². The molecule has 0 radical (unpaired) electrons. The van der Waals surface area contributed by atoms with E-state index in [0.29, 0.717) is 25.6 Å². The van der Waals surface area contributed by atoms with E-state index in [2.05, 4.69) is 6.92 Å². The third-order valence-electron chi connectivity index (χ3n) is 4.64. The molecule has 2 atom stereocenters. The number of carbonyl (C=O) groups is 2. The Morgan fingerprint density at radius 1 is 1.10 bits per heavy atom. The summed E-state index contributed by atoms with van der Waals surface area (Å²) in [5.41, 5.74) is 0. The molecule has 0 aliphatic carbocycles. The second-order valence-corrected chi connectivity index (χ2v) is 6.01. The first-order valence-corrected chi connectivity index (χ1v) is 7.91. The van der Waals surface area contributed by atoms with Crippen LogP contribution in [-0.4, -0.2) is 52.6 Å². The van der Waals surface area contributed by atoms with Gasteiger partial charge in [0.25, 0.3) is 0 Å². The molecule has 5 heteroatoms. The Kier molecular flexibility index (Phi) is 5.26. The highest BCUT2D eigenvalue weighted by molar-refractivity contribution is 5.77. The monoisotopic (exact) mass is 282 g/mol. The summed E-state index contributed by atoms with van der Waals surface area (Å²) in [5, 5.41) is 9.14. The Morgan fingerprint density at radius 2 is 1.90 bits per heavy atom. The average molecular weight is 282 g/mol. The Labute approximate surface area is 120 Å². The van der Waals surface area contributed by atoms with Gasteiger partial charge in [0.15, 0.2) is 0 Å². The highest BCUT2D eigenvalue weighted by Gasteiger charge is 2.33. The average Bonchev–Trinajstić information content (AvgIpc) is 2.71. The van der Waals surface area contributed by atoms with E-state index in [1.807, 2.05) is 4.90 Å². The summed E-state index contributed by atoms with van der Waals surface area (Å²) in [4.78, 5) is 27.6. The van der Waals surface area contributed by atoms with Crippen molar-refractivity contribution in [2.45, 2.75) is 57.9 Å². The molecule has 1 N–H and O–H groups in total. The number of carboxylic acids is 1. The number of nitrogens with zero attached hydrogens (tertiary/aromatic N) is 2. The molecule has 2 aliphatic rings. The fourth-order valence-corrected chi connectivity index (χ4v) is 3.39. The smallest absolute Gasteiger partial charge is 0.320 e. The van der Waals surface area contributed by atoms with E-state index >= 15 is 0 Å². The van der Waals surface area contributed by atoms with Gasteiger partial charge in [0, 0.05) is 25.7 Å². The number of amides is 2. The van der Waals surface area contributed by atoms with Gasteiger partial charge in [-0.05, 0) is 32.1 Å². The van der Waals surface area contributed by atoms with Crippen LogP contribution in [0.15, 0.2) is 0 Å². The Bertz CT molecular complexity index is 359. The van der Waals surface area contributed by atoms with E-state index in [4.69, 9.17) is 5.11 Å². The van der Waals surface area contributed by atoms with Crippen LogP contribution in [0.25, 0.3) is 0 Å². The highest BCUT2D eigenvalue weighted by atomic mass is 16.4. The molecule has 0 aromatic carbocycles. The second-order valence-electron chi connectivity index (χ2n) is 6.01. The van der Waals surface area contributed by atoms with Gasteiger partial charge in [-0.3, -0.25) is 4.79 Å². The van der Waals surface area contributed by atoms with Crippen LogP contribution in [-0.2, 0) is 4.79 Å². The van der Waals surface area contributed by atoms with Gasteiger partial charge >= 0.3 is 12.0 Å². The van der Waals surface area contributed by atoms with Crippen molar-refractivity contribution in [1.82, 2.24) is 9.80 Å². The minimum Gasteiger partial charge on any atom is -0.481 e. The number of urea groups is 1. The normalized spacial score (nSPS) is 28.1. The van der Waals surface area contributed by atoms with E-state index in [0.717, 1.165) is 32.2 Å². The van der Waals surface area contributed by atoms with E-state index < -0.39 is 5.97 Å². The zero-order valence-electron chi connectivity index (χ0n) is 12.4. The summed E-state index contributed by atoms with van der Waals surface area (Å²) in [6.45, 7) is 4.04. The third kappa shape index (κ3) is 3.44. The van der Waals surface area contributed by atoms with Crippen LogP contribution in [0, 0.1) is 5.92 Å². The van der Waals surface area contributed by atoms with Gasteiger partial charge in [-0.2, -0.15) is 0 Å². The summed E-state index contributed by atoms with van der Waals surface area (Å²) in [5.74, 6) is -1.16. The SMILES string of the molecule is CCC1CCCCCN1C(=O)N1CCC[C@H](C(=O)O)C1. The number of piperidine rings is 1. The largest absolute Gasteiger partial charge is 0.481 e. The molecular weight excluding hydrogens is 256 g/mol. The van der Waals surface area contributed by atoms with Gasteiger partial charge in [0.05, 0.1) is 5.92 Å². The highest BCUT2D eigenvalue weighted by Crippen LogP contribution is 2.23. The zero-order chi connectivity index (χ0) is 14.5. The van der Waals surface area contributed by atoms with Crippen molar-refractivity contribution in [2.75, 3.05) is 19.6 Å². The van der Waals surface area contributed by atoms with Crippen LogP contribution < -0.4 is 0 Å². The summed E-state index contributed by atoms with van der Waals surface area (Å²) >= 11 is 0. The molecule has 1 unspecified atom stereocenters. The fraction of sp³-hybridized carbons (Fsp3) is 0.867. The van der Waals surface area contributed by atoms with E-state index in [1.54, 1.807) is 4.90 Å². The Morgan fingerprint density at radius 3 is 2.60 bits per heavy atom. The summed E-state index contributed by atoms with van der Waals surface area (Å²) < 4.78 is 0. The van der Waals surface area contributed by atoms with Crippen LogP contribution in [0.3, 0.4) is 0 Å². The lowest BCUT2D eigenvalue weighted by atomic mass is 9.98. The van der Waals surface area contributed by atoms with E-state index in [9.17, 15) is 9.59 Å². The second kappa shape index (κ2) is 6.95. The molecule has 114 valence electrons. The quantitative estimate of drug-likeness (QED) is 0.846. The molecule has 0 aromatic rings. The first-order chi connectivity index (χ1) is 9.63. The first kappa shape index (κ1) is 15.1. The topological polar surface area (TPSA) is 60.9 Å². The molecule has 20 heavy (non-hydrogen) atoms. The molecular formula is C15H26N2O3.